The molecule has 1 aromatic carbocycles. The Morgan fingerprint density at radius 2 is 1.90 bits per heavy atom. The lowest BCUT2D eigenvalue weighted by Gasteiger charge is -2.35. The first-order chi connectivity index (χ1) is 9.57. The molecular formula is C15H23BrN2O2. The minimum Gasteiger partial charge on any atom is -0.495 e. The molecule has 112 valence electrons. The van der Waals surface area contributed by atoms with Crippen LogP contribution in [0.15, 0.2) is 16.6 Å². The van der Waals surface area contributed by atoms with E-state index in [2.05, 4.69) is 28.3 Å². The summed E-state index contributed by atoms with van der Waals surface area (Å²) in [6.07, 6.45) is 4.87. The number of benzene rings is 1. The number of hydrogen-bond donors (Lipinski definition) is 2. The van der Waals surface area contributed by atoms with Gasteiger partial charge < -0.3 is 9.47 Å². The van der Waals surface area contributed by atoms with Crippen molar-refractivity contribution in [1.82, 2.24) is 5.43 Å². The van der Waals surface area contributed by atoms with E-state index in [0.717, 1.165) is 21.5 Å². The molecule has 0 aliphatic heterocycles. The Morgan fingerprint density at radius 3 is 2.40 bits per heavy atom. The van der Waals surface area contributed by atoms with Gasteiger partial charge in [-0.25, -0.2) is 0 Å². The molecular weight excluding hydrogens is 320 g/mol. The van der Waals surface area contributed by atoms with E-state index in [1.54, 1.807) is 14.2 Å². The van der Waals surface area contributed by atoms with Crippen LogP contribution in [-0.2, 0) is 0 Å². The zero-order chi connectivity index (χ0) is 14.8. The Bertz CT molecular complexity index is 473. The van der Waals surface area contributed by atoms with Gasteiger partial charge in [0.25, 0.3) is 0 Å². The van der Waals surface area contributed by atoms with Gasteiger partial charge in [0.1, 0.15) is 16.0 Å². The van der Waals surface area contributed by atoms with Crippen molar-refractivity contribution in [2.75, 3.05) is 14.2 Å². The monoisotopic (exact) mass is 342 g/mol. The Morgan fingerprint density at radius 1 is 1.25 bits per heavy atom. The molecule has 4 nitrogen and oxygen atoms in total. The molecule has 1 atom stereocenters. The third-order valence-electron chi connectivity index (χ3n) is 4.44. The number of ether oxygens (including phenoxy) is 2. The molecule has 0 saturated heterocycles. The van der Waals surface area contributed by atoms with Gasteiger partial charge in [0.2, 0.25) is 0 Å². The fourth-order valence-electron chi connectivity index (χ4n) is 3.28. The van der Waals surface area contributed by atoms with Gasteiger partial charge in [-0.2, -0.15) is 0 Å². The zero-order valence-electron chi connectivity index (χ0n) is 12.3. The van der Waals surface area contributed by atoms with Crippen LogP contribution in [0, 0.1) is 5.41 Å². The van der Waals surface area contributed by atoms with Crippen LogP contribution in [0.25, 0.3) is 0 Å². The summed E-state index contributed by atoms with van der Waals surface area (Å²) in [5.74, 6) is 7.42. The largest absolute Gasteiger partial charge is 0.495 e. The summed E-state index contributed by atoms with van der Waals surface area (Å²) in [4.78, 5) is 0. The predicted octanol–water partition coefficient (Wildman–Crippen LogP) is 3.55. The molecule has 0 amide bonds. The molecule has 0 radical (unpaired) electrons. The number of nitrogens with one attached hydrogen (secondary N) is 1. The van der Waals surface area contributed by atoms with Gasteiger partial charge in [-0.05, 0) is 46.3 Å². The number of halogens is 1. The Kier molecular flexibility index (Phi) is 4.94. The van der Waals surface area contributed by atoms with Crippen molar-refractivity contribution in [3.63, 3.8) is 0 Å². The van der Waals surface area contributed by atoms with Crippen LogP contribution in [0.2, 0.25) is 0 Å². The van der Waals surface area contributed by atoms with E-state index < -0.39 is 0 Å². The molecule has 0 spiro atoms. The molecule has 1 saturated carbocycles. The van der Waals surface area contributed by atoms with Crippen molar-refractivity contribution >= 4 is 15.9 Å². The normalized spacial score (nSPS) is 18.9. The van der Waals surface area contributed by atoms with E-state index in [0.29, 0.717) is 0 Å². The maximum Gasteiger partial charge on any atom is 0.141 e. The molecule has 20 heavy (non-hydrogen) atoms. The van der Waals surface area contributed by atoms with Gasteiger partial charge in [-0.15, -0.1) is 0 Å². The molecule has 0 bridgehead atoms. The molecule has 1 aliphatic rings. The lowest BCUT2D eigenvalue weighted by molar-refractivity contribution is 0.219. The number of hydrogen-bond acceptors (Lipinski definition) is 4. The van der Waals surface area contributed by atoms with E-state index in [1.807, 2.05) is 12.1 Å². The average Bonchev–Trinajstić information content (AvgIpc) is 2.87. The highest BCUT2D eigenvalue weighted by atomic mass is 79.9. The summed E-state index contributed by atoms with van der Waals surface area (Å²) in [5.41, 5.74) is 4.24. The van der Waals surface area contributed by atoms with Crippen molar-refractivity contribution in [3.8, 4) is 11.5 Å². The smallest absolute Gasteiger partial charge is 0.141 e. The summed E-state index contributed by atoms with van der Waals surface area (Å²) in [5, 5.41) is 0. The highest BCUT2D eigenvalue weighted by molar-refractivity contribution is 9.10. The van der Waals surface area contributed by atoms with E-state index in [-0.39, 0.29) is 11.5 Å². The summed E-state index contributed by atoms with van der Waals surface area (Å²) >= 11 is 3.56. The van der Waals surface area contributed by atoms with E-state index in [9.17, 15) is 0 Å². The second kappa shape index (κ2) is 6.33. The maximum atomic E-state index is 5.86. The summed E-state index contributed by atoms with van der Waals surface area (Å²) in [6.45, 7) is 2.29. The van der Waals surface area contributed by atoms with Crippen molar-refractivity contribution in [1.29, 1.82) is 0 Å². The summed E-state index contributed by atoms with van der Waals surface area (Å²) in [7, 11) is 3.32. The molecule has 1 unspecified atom stereocenters. The fourth-order valence-corrected chi connectivity index (χ4v) is 3.97. The molecule has 1 aliphatic carbocycles. The van der Waals surface area contributed by atoms with Crippen molar-refractivity contribution in [2.24, 2.45) is 11.3 Å². The molecule has 3 N–H and O–H groups in total. The maximum absolute atomic E-state index is 5.86. The minimum atomic E-state index is 0.0714. The zero-order valence-corrected chi connectivity index (χ0v) is 13.9. The molecule has 5 heteroatoms. The SMILES string of the molecule is COc1ccc(C(NN)C2(C)CCCC2)c(OC)c1Br. The highest BCUT2D eigenvalue weighted by Crippen LogP contribution is 2.50. The van der Waals surface area contributed by atoms with Crippen molar-refractivity contribution in [3.05, 3.63) is 22.2 Å². The van der Waals surface area contributed by atoms with E-state index in [4.69, 9.17) is 15.3 Å². The average molecular weight is 343 g/mol. The molecule has 1 fully saturated rings. The Labute approximate surface area is 129 Å². The minimum absolute atomic E-state index is 0.0714. The first-order valence-electron chi connectivity index (χ1n) is 6.94. The van der Waals surface area contributed by atoms with Crippen LogP contribution in [0.4, 0.5) is 0 Å². The molecule has 0 aromatic heterocycles. The second-order valence-electron chi connectivity index (χ2n) is 5.67. The molecule has 1 aromatic rings. The van der Waals surface area contributed by atoms with Crippen molar-refractivity contribution in [2.45, 2.75) is 38.6 Å². The first-order valence-corrected chi connectivity index (χ1v) is 7.73. The Hall–Kier alpha value is -0.780. The first kappa shape index (κ1) is 15.6. The third kappa shape index (κ3) is 2.67. The van der Waals surface area contributed by atoms with E-state index >= 15 is 0 Å². The van der Waals surface area contributed by atoms with Gasteiger partial charge >= 0.3 is 0 Å². The number of nitrogens with two attached hydrogens (primary N) is 1. The van der Waals surface area contributed by atoms with Gasteiger partial charge in [0, 0.05) is 5.56 Å². The number of hydrazine groups is 1. The lowest BCUT2D eigenvalue weighted by Crippen LogP contribution is -2.38. The Balaban J connectivity index is 2.47. The predicted molar refractivity (Wildman–Crippen MR) is 83.9 cm³/mol. The van der Waals surface area contributed by atoms with Crippen LogP contribution in [-0.4, -0.2) is 14.2 Å². The van der Waals surface area contributed by atoms with Crippen LogP contribution in [0.1, 0.15) is 44.2 Å². The molecule has 0 heterocycles. The van der Waals surface area contributed by atoms with Crippen molar-refractivity contribution < 1.29 is 9.47 Å². The molecule has 2 rings (SSSR count). The quantitative estimate of drug-likeness (QED) is 0.634. The van der Waals surface area contributed by atoms with Gasteiger partial charge in [-0.3, -0.25) is 11.3 Å². The van der Waals surface area contributed by atoms with E-state index in [1.165, 1.54) is 25.7 Å². The summed E-state index contributed by atoms with van der Waals surface area (Å²) < 4.78 is 11.7. The van der Waals surface area contributed by atoms with Crippen LogP contribution in [0.3, 0.4) is 0 Å². The lowest BCUT2D eigenvalue weighted by atomic mass is 9.77. The topological polar surface area (TPSA) is 56.5 Å². The number of rotatable bonds is 5. The second-order valence-corrected chi connectivity index (χ2v) is 6.46. The van der Waals surface area contributed by atoms with Crippen LogP contribution in [0.5, 0.6) is 11.5 Å². The van der Waals surface area contributed by atoms with Crippen LogP contribution < -0.4 is 20.7 Å². The summed E-state index contributed by atoms with van der Waals surface area (Å²) in [6, 6.07) is 4.06. The highest BCUT2D eigenvalue weighted by Gasteiger charge is 2.39. The van der Waals surface area contributed by atoms with Crippen LogP contribution >= 0.6 is 15.9 Å². The van der Waals surface area contributed by atoms with Gasteiger partial charge in [0.05, 0.1) is 20.3 Å². The standard InChI is InChI=1S/C15H23BrN2O2/c1-15(8-4-5-9-15)14(18-17)10-6-7-11(19-2)12(16)13(10)20-3/h6-7,14,18H,4-5,8-9,17H2,1-3H3. The van der Waals surface area contributed by atoms with Gasteiger partial charge in [-0.1, -0.05) is 19.8 Å². The third-order valence-corrected chi connectivity index (χ3v) is 5.19. The van der Waals surface area contributed by atoms with Gasteiger partial charge in [0.15, 0.2) is 0 Å². The fraction of sp³-hybridized carbons (Fsp3) is 0.600. The number of methoxy groups -OCH3 is 2.